The predicted molar refractivity (Wildman–Crippen MR) is 84.4 cm³/mol. The summed E-state index contributed by atoms with van der Waals surface area (Å²) in [4.78, 5) is 12.4. The molecule has 0 bridgehead atoms. The van der Waals surface area contributed by atoms with Crippen molar-refractivity contribution in [1.82, 2.24) is 0 Å². The molecule has 4 rings (SSSR count). The van der Waals surface area contributed by atoms with Crippen LogP contribution in [0.3, 0.4) is 0 Å². The molecule has 0 aromatic heterocycles. The van der Waals surface area contributed by atoms with Crippen LogP contribution in [0.2, 0.25) is 0 Å². The van der Waals surface area contributed by atoms with Crippen LogP contribution in [0.4, 0.5) is 4.39 Å². The first-order valence-corrected chi connectivity index (χ1v) is 9.31. The van der Waals surface area contributed by atoms with Gasteiger partial charge in [0.15, 0.2) is 0 Å². The van der Waals surface area contributed by atoms with Crippen LogP contribution in [-0.2, 0) is 4.79 Å². The number of hydrogen-bond donors (Lipinski definition) is 2. The number of carbonyl (C=O) groups excluding carboxylic acids is 1. The maximum Gasteiger partial charge on any atom is 0.139 e. The molecule has 4 saturated carbocycles. The highest BCUT2D eigenvalue weighted by Gasteiger charge is 2.64. The second-order valence-electron chi connectivity index (χ2n) is 9.23. The molecule has 3 nitrogen and oxygen atoms in total. The zero-order chi connectivity index (χ0) is 16.6. The van der Waals surface area contributed by atoms with Crippen molar-refractivity contribution in [2.75, 3.05) is 0 Å². The van der Waals surface area contributed by atoms with Crippen molar-refractivity contribution in [3.05, 3.63) is 0 Å². The number of halogens is 1. The van der Waals surface area contributed by atoms with Gasteiger partial charge in [0, 0.05) is 11.8 Å². The predicted octanol–water partition coefficient (Wildman–Crippen LogP) is 2.88. The summed E-state index contributed by atoms with van der Waals surface area (Å²) in [6, 6.07) is 0. The molecule has 130 valence electrons. The lowest BCUT2D eigenvalue weighted by atomic mass is 9.44. The molecule has 0 aromatic carbocycles. The van der Waals surface area contributed by atoms with Crippen molar-refractivity contribution in [3.8, 4) is 0 Å². The van der Waals surface area contributed by atoms with E-state index in [0.717, 1.165) is 12.8 Å². The molecule has 0 spiro atoms. The first-order chi connectivity index (χ1) is 10.8. The summed E-state index contributed by atoms with van der Waals surface area (Å²) >= 11 is 0. The lowest BCUT2D eigenvalue weighted by Crippen LogP contribution is -2.62. The van der Waals surface area contributed by atoms with Crippen molar-refractivity contribution < 1.29 is 19.4 Å². The van der Waals surface area contributed by atoms with Crippen LogP contribution in [0, 0.1) is 34.5 Å². The number of aliphatic hydroxyl groups is 2. The fourth-order valence-electron chi connectivity index (χ4n) is 7.15. The van der Waals surface area contributed by atoms with Crippen LogP contribution < -0.4 is 0 Å². The molecule has 4 heteroatoms. The zero-order valence-electron chi connectivity index (χ0n) is 14.2. The van der Waals surface area contributed by atoms with Crippen molar-refractivity contribution in [2.45, 2.75) is 77.2 Å². The Labute approximate surface area is 137 Å². The van der Waals surface area contributed by atoms with Gasteiger partial charge in [0.2, 0.25) is 0 Å². The second kappa shape index (κ2) is 5.01. The number of aliphatic hydroxyl groups excluding tert-OH is 2. The molecule has 4 fully saturated rings. The van der Waals surface area contributed by atoms with Crippen molar-refractivity contribution in [3.63, 3.8) is 0 Å². The second-order valence-corrected chi connectivity index (χ2v) is 9.23. The maximum atomic E-state index is 13.9. The summed E-state index contributed by atoms with van der Waals surface area (Å²) < 4.78 is 13.9. The number of rotatable bonds is 0. The van der Waals surface area contributed by atoms with E-state index in [2.05, 4.69) is 6.92 Å². The SMILES string of the molecule is C[C@]12CC[C@@H](F)C[C@@H]1[C@@H](O)C[C@H]1[C@H]2[C@H](O)C[C@]2(C)C(=O)CC[C@H]12. The van der Waals surface area contributed by atoms with Crippen LogP contribution in [-0.4, -0.2) is 34.4 Å². The van der Waals surface area contributed by atoms with E-state index in [1.807, 2.05) is 6.92 Å². The highest BCUT2D eigenvalue weighted by molar-refractivity contribution is 5.87. The van der Waals surface area contributed by atoms with Gasteiger partial charge in [-0.15, -0.1) is 0 Å². The normalized spacial score (nSPS) is 59.2. The van der Waals surface area contributed by atoms with Crippen LogP contribution in [0.25, 0.3) is 0 Å². The van der Waals surface area contributed by atoms with Gasteiger partial charge in [-0.2, -0.15) is 0 Å². The van der Waals surface area contributed by atoms with Gasteiger partial charge in [-0.25, -0.2) is 4.39 Å². The first kappa shape index (κ1) is 16.0. The highest BCUT2D eigenvalue weighted by atomic mass is 19.1. The Morgan fingerprint density at radius 1 is 1.09 bits per heavy atom. The monoisotopic (exact) mass is 324 g/mol. The molecular weight excluding hydrogens is 295 g/mol. The van der Waals surface area contributed by atoms with E-state index >= 15 is 0 Å². The summed E-state index contributed by atoms with van der Waals surface area (Å²) in [6.45, 7) is 4.18. The molecule has 23 heavy (non-hydrogen) atoms. The van der Waals surface area contributed by atoms with Crippen LogP contribution >= 0.6 is 0 Å². The third-order valence-electron chi connectivity index (χ3n) is 8.26. The Morgan fingerprint density at radius 2 is 1.83 bits per heavy atom. The molecule has 4 aliphatic carbocycles. The maximum absolute atomic E-state index is 13.9. The Balaban J connectivity index is 1.73. The quantitative estimate of drug-likeness (QED) is 0.720. The highest BCUT2D eigenvalue weighted by Crippen LogP contribution is 2.65. The Hall–Kier alpha value is -0.480. The Morgan fingerprint density at radius 3 is 2.57 bits per heavy atom. The number of Topliss-reactive ketones (excluding diaryl/α,β-unsaturated/α-hetero) is 1. The minimum atomic E-state index is -0.821. The van der Waals surface area contributed by atoms with Gasteiger partial charge in [0.25, 0.3) is 0 Å². The van der Waals surface area contributed by atoms with Crippen LogP contribution in [0.15, 0.2) is 0 Å². The van der Waals surface area contributed by atoms with E-state index in [1.165, 1.54) is 0 Å². The van der Waals surface area contributed by atoms with E-state index < -0.39 is 23.8 Å². The molecule has 0 unspecified atom stereocenters. The smallest absolute Gasteiger partial charge is 0.139 e. The van der Waals surface area contributed by atoms with E-state index in [1.54, 1.807) is 0 Å². The number of carbonyl (C=O) groups is 1. The average molecular weight is 324 g/mol. The standard InChI is InChI=1S/C19H29FO3/c1-18-6-5-10(20)7-13(18)14(21)8-11-12-3-4-16(23)19(12,2)9-15(22)17(11)18/h10-15,17,21-22H,3-9H2,1-2H3/t10-,11-,12-,13-,14+,15-,17+,18+,19+/m1/s1. The average Bonchev–Trinajstić information content (AvgIpc) is 2.76. The van der Waals surface area contributed by atoms with E-state index in [-0.39, 0.29) is 34.9 Å². The third-order valence-corrected chi connectivity index (χ3v) is 8.26. The van der Waals surface area contributed by atoms with Crippen molar-refractivity contribution in [2.24, 2.45) is 34.5 Å². The summed E-state index contributed by atoms with van der Waals surface area (Å²) in [6.07, 6.45) is 2.57. The van der Waals surface area contributed by atoms with E-state index in [9.17, 15) is 19.4 Å². The molecule has 0 radical (unpaired) electrons. The lowest BCUT2D eigenvalue weighted by molar-refractivity contribution is -0.200. The summed E-state index contributed by atoms with van der Waals surface area (Å²) in [5.41, 5.74) is -0.613. The van der Waals surface area contributed by atoms with Gasteiger partial charge in [0.05, 0.1) is 12.2 Å². The molecule has 0 amide bonds. The number of ketones is 1. The zero-order valence-corrected chi connectivity index (χ0v) is 14.2. The fraction of sp³-hybridized carbons (Fsp3) is 0.947. The molecular formula is C19H29FO3. The summed E-state index contributed by atoms with van der Waals surface area (Å²) in [5.74, 6) is 0.812. The molecule has 9 atom stereocenters. The minimum Gasteiger partial charge on any atom is -0.393 e. The molecule has 0 aliphatic heterocycles. The van der Waals surface area contributed by atoms with Crippen molar-refractivity contribution in [1.29, 1.82) is 0 Å². The Bertz CT molecular complexity index is 523. The van der Waals surface area contributed by atoms with Gasteiger partial charge < -0.3 is 10.2 Å². The molecule has 2 N–H and O–H groups in total. The number of alkyl halides is 1. The number of hydrogen-bond acceptors (Lipinski definition) is 3. The first-order valence-electron chi connectivity index (χ1n) is 9.31. The molecule has 0 saturated heterocycles. The fourth-order valence-corrected chi connectivity index (χ4v) is 7.15. The largest absolute Gasteiger partial charge is 0.393 e. The Kier molecular flexibility index (Phi) is 3.49. The van der Waals surface area contributed by atoms with Crippen LogP contribution in [0.5, 0.6) is 0 Å². The molecule has 0 aromatic rings. The topological polar surface area (TPSA) is 57.5 Å². The minimum absolute atomic E-state index is 0.0522. The number of fused-ring (bicyclic) bond motifs is 5. The van der Waals surface area contributed by atoms with Gasteiger partial charge >= 0.3 is 0 Å². The molecule has 4 aliphatic rings. The van der Waals surface area contributed by atoms with E-state index in [0.29, 0.717) is 32.1 Å². The van der Waals surface area contributed by atoms with Gasteiger partial charge in [-0.3, -0.25) is 4.79 Å². The van der Waals surface area contributed by atoms with Gasteiger partial charge in [0.1, 0.15) is 12.0 Å². The molecule has 0 heterocycles. The van der Waals surface area contributed by atoms with Crippen LogP contribution in [0.1, 0.15) is 58.8 Å². The van der Waals surface area contributed by atoms with Gasteiger partial charge in [-0.1, -0.05) is 13.8 Å². The van der Waals surface area contributed by atoms with Crippen molar-refractivity contribution >= 4 is 5.78 Å². The van der Waals surface area contributed by atoms with Gasteiger partial charge in [-0.05, 0) is 67.6 Å². The summed E-state index contributed by atoms with van der Waals surface area (Å²) in [7, 11) is 0. The third kappa shape index (κ3) is 2.03. The summed E-state index contributed by atoms with van der Waals surface area (Å²) in [5, 5.41) is 21.7. The van der Waals surface area contributed by atoms with E-state index in [4.69, 9.17) is 0 Å². The lowest BCUT2D eigenvalue weighted by Gasteiger charge is -2.62.